The molecule has 0 saturated heterocycles. The number of rotatable bonds is 4. The minimum absolute atomic E-state index is 1.29. The smallest absolute Gasteiger partial charge is 0.257 e. The van der Waals surface area contributed by atoms with E-state index in [1.807, 2.05) is 0 Å². The molecular weight excluding hydrogens is 414 g/mol. The van der Waals surface area contributed by atoms with Crippen molar-refractivity contribution in [2.75, 3.05) is 0 Å². The molecule has 0 atom stereocenters. The van der Waals surface area contributed by atoms with Crippen LogP contribution >= 0.6 is 0 Å². The van der Waals surface area contributed by atoms with Gasteiger partial charge in [-0.05, 0) is 34.6 Å². The van der Waals surface area contributed by atoms with E-state index in [1.165, 1.54) is 42.9 Å². The molecule has 1 nitrogen and oxygen atoms in total. The van der Waals surface area contributed by atoms with Crippen molar-refractivity contribution in [2.45, 2.75) is 6.92 Å². The first-order valence-electron chi connectivity index (χ1n) is 11.5. The van der Waals surface area contributed by atoms with Gasteiger partial charge >= 0.3 is 0 Å². The van der Waals surface area contributed by atoms with Crippen LogP contribution in [0.5, 0.6) is 0 Å². The summed E-state index contributed by atoms with van der Waals surface area (Å²) in [6.07, 6.45) is 0. The van der Waals surface area contributed by atoms with Crippen LogP contribution in [-0.2, 0) is 0 Å². The Morgan fingerprint density at radius 1 is 0.455 bits per heavy atom. The third-order valence-corrected chi connectivity index (χ3v) is 11.4. The second-order valence-corrected chi connectivity index (χ2v) is 12.3. The van der Waals surface area contributed by atoms with E-state index in [-0.39, 0.29) is 0 Å². The van der Waals surface area contributed by atoms with Crippen LogP contribution in [0.2, 0.25) is 0 Å². The highest BCUT2D eigenvalue weighted by atomic mass is 28.3. The van der Waals surface area contributed by atoms with E-state index in [2.05, 4.69) is 145 Å². The number of nitrogens with zero attached hydrogens (tertiary/aromatic N) is 1. The fraction of sp³-hybridized carbons (Fsp3) is 0.0323. The van der Waals surface area contributed by atoms with Crippen molar-refractivity contribution in [3.8, 4) is 0 Å². The van der Waals surface area contributed by atoms with Crippen LogP contribution in [0.3, 0.4) is 0 Å². The van der Waals surface area contributed by atoms with Gasteiger partial charge in [0.15, 0.2) is 0 Å². The molecule has 6 aromatic rings. The highest BCUT2D eigenvalue weighted by molar-refractivity contribution is 7.11. The predicted molar refractivity (Wildman–Crippen MR) is 144 cm³/mol. The molecule has 0 N–H and O–H groups in total. The summed E-state index contributed by atoms with van der Waals surface area (Å²) in [5.74, 6) is 0. The van der Waals surface area contributed by atoms with E-state index in [1.54, 1.807) is 0 Å². The molecule has 33 heavy (non-hydrogen) atoms. The van der Waals surface area contributed by atoms with Crippen molar-refractivity contribution in [1.82, 2.24) is 4.23 Å². The van der Waals surface area contributed by atoms with Crippen molar-refractivity contribution in [2.24, 2.45) is 0 Å². The zero-order valence-electron chi connectivity index (χ0n) is 18.6. The average molecular weight is 440 g/mol. The second kappa shape index (κ2) is 7.91. The quantitative estimate of drug-likeness (QED) is 0.248. The number of hydrogen-bond acceptors (Lipinski definition) is 0. The van der Waals surface area contributed by atoms with Gasteiger partial charge in [-0.2, -0.15) is 0 Å². The van der Waals surface area contributed by atoms with Gasteiger partial charge in [-0.15, -0.1) is 0 Å². The first-order valence-corrected chi connectivity index (χ1v) is 13.4. The number of aromatic nitrogens is 1. The standard InChI is InChI=1S/C31H25NSi/c1-24-13-12-18-27(23-24)33(25-14-4-2-5-15-25,26-16-6-3-7-17-26)32-30-21-10-8-19-28(30)29-20-9-11-22-31(29)32/h2-23H,1H3. The maximum absolute atomic E-state index is 2.69. The first-order chi connectivity index (χ1) is 16.3. The van der Waals surface area contributed by atoms with Gasteiger partial charge < -0.3 is 4.23 Å². The average Bonchev–Trinajstić information content (AvgIpc) is 3.21. The Balaban J connectivity index is 1.90. The summed E-state index contributed by atoms with van der Waals surface area (Å²) in [4.78, 5) is 0. The van der Waals surface area contributed by atoms with E-state index in [9.17, 15) is 0 Å². The van der Waals surface area contributed by atoms with Crippen LogP contribution in [0, 0.1) is 6.92 Å². The van der Waals surface area contributed by atoms with Crippen molar-refractivity contribution in [3.05, 3.63) is 139 Å². The number of fused-ring (bicyclic) bond motifs is 3. The molecular formula is C31H25NSi. The highest BCUT2D eigenvalue weighted by Crippen LogP contribution is 2.31. The van der Waals surface area contributed by atoms with E-state index < -0.39 is 8.24 Å². The zero-order valence-corrected chi connectivity index (χ0v) is 19.6. The van der Waals surface area contributed by atoms with Crippen LogP contribution in [0.25, 0.3) is 21.8 Å². The third-order valence-electron chi connectivity index (χ3n) is 6.73. The summed E-state index contributed by atoms with van der Waals surface area (Å²) >= 11 is 0. The van der Waals surface area contributed by atoms with E-state index in [0.29, 0.717) is 0 Å². The molecule has 1 heterocycles. The lowest BCUT2D eigenvalue weighted by atomic mass is 10.2. The molecule has 0 aliphatic heterocycles. The van der Waals surface area contributed by atoms with Crippen LogP contribution in [-0.4, -0.2) is 12.5 Å². The molecule has 0 fully saturated rings. The zero-order chi connectivity index (χ0) is 22.3. The molecule has 158 valence electrons. The van der Waals surface area contributed by atoms with Crippen molar-refractivity contribution in [3.63, 3.8) is 0 Å². The highest BCUT2D eigenvalue weighted by Gasteiger charge is 2.44. The molecule has 0 amide bonds. The molecule has 5 aromatic carbocycles. The van der Waals surface area contributed by atoms with Crippen LogP contribution < -0.4 is 15.6 Å². The lowest BCUT2D eigenvalue weighted by molar-refractivity contribution is 1.30. The summed E-state index contributed by atoms with van der Waals surface area (Å²) in [6.45, 7) is 2.20. The maximum Gasteiger partial charge on any atom is 0.257 e. The summed E-state index contributed by atoms with van der Waals surface area (Å²) in [5.41, 5.74) is 3.87. The second-order valence-electron chi connectivity index (χ2n) is 8.68. The minimum atomic E-state index is -2.69. The lowest BCUT2D eigenvalue weighted by Crippen LogP contribution is -2.72. The third kappa shape index (κ3) is 2.99. The van der Waals surface area contributed by atoms with Crippen molar-refractivity contribution < 1.29 is 0 Å². The Morgan fingerprint density at radius 3 is 1.42 bits per heavy atom. The topological polar surface area (TPSA) is 4.93 Å². The summed E-state index contributed by atoms with van der Waals surface area (Å²) in [5, 5.41) is 6.78. The number of benzene rings is 5. The van der Waals surface area contributed by atoms with E-state index in [0.717, 1.165) is 0 Å². The number of hydrogen-bond donors (Lipinski definition) is 0. The molecule has 0 unspecified atom stereocenters. The Kier molecular flexibility index (Phi) is 4.74. The Labute approximate surface area is 195 Å². The van der Waals surface area contributed by atoms with Crippen molar-refractivity contribution >= 4 is 45.6 Å². The van der Waals surface area contributed by atoms with Gasteiger partial charge in [0.1, 0.15) is 0 Å². The molecule has 0 bridgehead atoms. The van der Waals surface area contributed by atoms with Gasteiger partial charge in [0.05, 0.1) is 0 Å². The summed E-state index contributed by atoms with van der Waals surface area (Å²) in [6, 6.07) is 49.2. The van der Waals surface area contributed by atoms with Gasteiger partial charge in [0.25, 0.3) is 8.24 Å². The largest absolute Gasteiger partial charge is 0.355 e. The normalized spacial score (nSPS) is 11.8. The first kappa shape index (κ1) is 19.8. The van der Waals surface area contributed by atoms with E-state index in [4.69, 9.17) is 0 Å². The van der Waals surface area contributed by atoms with Gasteiger partial charge in [0.2, 0.25) is 0 Å². The number of aryl methyl sites for hydroxylation is 1. The lowest BCUT2D eigenvalue weighted by Gasteiger charge is -2.36. The Morgan fingerprint density at radius 2 is 0.909 bits per heavy atom. The molecule has 0 radical (unpaired) electrons. The molecule has 2 heteroatoms. The molecule has 0 saturated carbocycles. The Bertz CT molecular complexity index is 1470. The number of para-hydroxylation sites is 2. The SMILES string of the molecule is Cc1cccc([Si](c2ccccc2)(c2ccccc2)n2c3ccccc3c3ccccc32)c1. The van der Waals surface area contributed by atoms with Crippen LogP contribution in [0.15, 0.2) is 133 Å². The molecule has 1 aromatic heterocycles. The Hall–Kier alpha value is -3.88. The summed E-state index contributed by atoms with van der Waals surface area (Å²) < 4.78 is 2.69. The monoisotopic (exact) mass is 439 g/mol. The van der Waals surface area contributed by atoms with Gasteiger partial charge in [-0.1, -0.05) is 127 Å². The minimum Gasteiger partial charge on any atom is -0.355 e. The molecule has 0 aliphatic carbocycles. The molecule has 0 spiro atoms. The van der Waals surface area contributed by atoms with Gasteiger partial charge in [-0.25, -0.2) is 0 Å². The van der Waals surface area contributed by atoms with Crippen molar-refractivity contribution in [1.29, 1.82) is 0 Å². The van der Waals surface area contributed by atoms with Crippen LogP contribution in [0.1, 0.15) is 5.56 Å². The molecule has 6 rings (SSSR count). The van der Waals surface area contributed by atoms with Crippen LogP contribution in [0.4, 0.5) is 0 Å². The fourth-order valence-corrected chi connectivity index (χ4v) is 10.4. The summed E-state index contributed by atoms with van der Waals surface area (Å²) in [7, 11) is -2.69. The van der Waals surface area contributed by atoms with Gasteiger partial charge in [-0.3, -0.25) is 0 Å². The fourth-order valence-electron chi connectivity index (χ4n) is 5.40. The maximum atomic E-state index is 2.69. The van der Waals surface area contributed by atoms with Gasteiger partial charge in [0, 0.05) is 21.8 Å². The van der Waals surface area contributed by atoms with E-state index >= 15 is 0 Å². The molecule has 0 aliphatic rings. The predicted octanol–water partition coefficient (Wildman–Crippen LogP) is 5.62.